The lowest BCUT2D eigenvalue weighted by molar-refractivity contribution is -0.134. The minimum absolute atomic E-state index is 0.0172. The zero-order valence-corrected chi connectivity index (χ0v) is 17.6. The fourth-order valence-corrected chi connectivity index (χ4v) is 4.35. The summed E-state index contributed by atoms with van der Waals surface area (Å²) < 4.78 is 27.6. The number of pyridine rings is 1. The van der Waals surface area contributed by atoms with Crippen molar-refractivity contribution in [2.24, 2.45) is 5.92 Å². The van der Waals surface area contributed by atoms with Crippen LogP contribution in [-0.4, -0.2) is 56.6 Å². The molecule has 3 aromatic rings. The zero-order valence-electron chi connectivity index (χ0n) is 15.9. The summed E-state index contributed by atoms with van der Waals surface area (Å²) in [5.41, 5.74) is 1.77. The van der Waals surface area contributed by atoms with Crippen LogP contribution in [0.3, 0.4) is 0 Å². The van der Waals surface area contributed by atoms with Gasteiger partial charge in [0.25, 0.3) is 6.43 Å². The summed E-state index contributed by atoms with van der Waals surface area (Å²) in [5, 5.41) is 7.42. The number of fused-ring (bicyclic) bond motifs is 1. The fraction of sp³-hybridized carbons (Fsp3) is 0.444. The third kappa shape index (κ3) is 3.80. The highest BCUT2D eigenvalue weighted by atomic mass is 32.1. The number of hydrogen-bond donors (Lipinski definition) is 1. The highest BCUT2D eigenvalue weighted by Gasteiger charge is 2.25. The van der Waals surface area contributed by atoms with E-state index in [-0.39, 0.29) is 16.8 Å². The maximum Gasteiger partial charge on any atom is 0.291 e. The van der Waals surface area contributed by atoms with Crippen molar-refractivity contribution in [1.82, 2.24) is 24.5 Å². The van der Waals surface area contributed by atoms with Crippen LogP contribution < -0.4 is 4.90 Å². The van der Waals surface area contributed by atoms with E-state index in [9.17, 15) is 13.6 Å². The molecule has 0 N–H and O–H groups in total. The average Bonchev–Trinajstić information content (AvgIpc) is 3.33. The van der Waals surface area contributed by atoms with Gasteiger partial charge in [0, 0.05) is 43.2 Å². The molecule has 0 aromatic carbocycles. The van der Waals surface area contributed by atoms with E-state index >= 15 is 0 Å². The second-order valence-corrected chi connectivity index (χ2v) is 8.66. The smallest absolute Gasteiger partial charge is 0.291 e. The molecule has 1 aliphatic heterocycles. The first-order valence-electron chi connectivity index (χ1n) is 9.21. The third-order valence-corrected chi connectivity index (χ3v) is 6.02. The summed E-state index contributed by atoms with van der Waals surface area (Å²) >= 11 is 5.34. The standard InChI is InChI=1S/C18H20F2N6OS2/c1-10(2)18(27)25-5-3-24(4-6-25)12-7-11(28)9-26-13(12)8-21-15(26)17-23-22-16(29-17)14(19)20/h7-10,14,28H,3-6H2,1-2H3. The Kier molecular flexibility index (Phi) is 5.43. The number of alkyl halides is 2. The molecule has 1 aliphatic rings. The molecule has 0 radical (unpaired) electrons. The normalized spacial score (nSPS) is 15.1. The molecule has 0 saturated carbocycles. The first-order chi connectivity index (χ1) is 13.8. The molecule has 11 heteroatoms. The molecule has 0 aliphatic carbocycles. The van der Waals surface area contributed by atoms with E-state index in [1.807, 2.05) is 24.8 Å². The van der Waals surface area contributed by atoms with E-state index in [4.69, 9.17) is 0 Å². The molecule has 4 rings (SSSR count). The molecule has 7 nitrogen and oxygen atoms in total. The minimum Gasteiger partial charge on any atom is -0.366 e. The predicted octanol–water partition coefficient (Wildman–Crippen LogP) is 3.38. The van der Waals surface area contributed by atoms with Crippen LogP contribution in [0.15, 0.2) is 23.4 Å². The van der Waals surface area contributed by atoms with Gasteiger partial charge in [0.1, 0.15) is 0 Å². The number of carbonyl (C=O) groups excluding carboxylic acids is 1. The second kappa shape index (κ2) is 7.86. The Bertz CT molecular complexity index is 1040. The predicted molar refractivity (Wildman–Crippen MR) is 110 cm³/mol. The fourth-order valence-electron chi connectivity index (χ4n) is 3.42. The van der Waals surface area contributed by atoms with Crippen molar-refractivity contribution in [2.75, 3.05) is 31.1 Å². The van der Waals surface area contributed by atoms with Crippen molar-refractivity contribution < 1.29 is 13.6 Å². The zero-order chi connectivity index (χ0) is 20.7. The monoisotopic (exact) mass is 438 g/mol. The maximum absolute atomic E-state index is 12.9. The Balaban J connectivity index is 1.65. The lowest BCUT2D eigenvalue weighted by Gasteiger charge is -2.37. The first kappa shape index (κ1) is 20.0. The topological polar surface area (TPSA) is 66.6 Å². The van der Waals surface area contributed by atoms with Gasteiger partial charge in [-0.2, -0.15) is 0 Å². The van der Waals surface area contributed by atoms with Gasteiger partial charge in [-0.3, -0.25) is 9.20 Å². The molecule has 0 atom stereocenters. The molecule has 1 saturated heterocycles. The van der Waals surface area contributed by atoms with E-state index in [1.165, 1.54) is 0 Å². The van der Waals surface area contributed by atoms with Crippen LogP contribution >= 0.6 is 24.0 Å². The Morgan fingerprint density at radius 1 is 1.21 bits per heavy atom. The molecule has 154 valence electrons. The molecular weight excluding hydrogens is 418 g/mol. The van der Waals surface area contributed by atoms with E-state index in [2.05, 4.69) is 32.7 Å². The number of aromatic nitrogens is 4. The van der Waals surface area contributed by atoms with Crippen molar-refractivity contribution in [2.45, 2.75) is 25.2 Å². The molecule has 1 fully saturated rings. The summed E-state index contributed by atoms with van der Waals surface area (Å²) in [4.78, 5) is 21.4. The summed E-state index contributed by atoms with van der Waals surface area (Å²) in [5.74, 6) is 0.599. The lowest BCUT2D eigenvalue weighted by Crippen LogP contribution is -2.50. The van der Waals surface area contributed by atoms with Gasteiger partial charge in [0.15, 0.2) is 15.8 Å². The van der Waals surface area contributed by atoms with Gasteiger partial charge in [-0.25, -0.2) is 13.8 Å². The second-order valence-electron chi connectivity index (χ2n) is 7.13. The van der Waals surface area contributed by atoms with Crippen LogP contribution in [0.2, 0.25) is 0 Å². The molecular formula is C18H20F2N6OS2. The number of carbonyl (C=O) groups is 1. The molecule has 1 amide bonds. The van der Waals surface area contributed by atoms with Gasteiger partial charge in [-0.1, -0.05) is 25.2 Å². The van der Waals surface area contributed by atoms with Crippen LogP contribution in [0, 0.1) is 5.92 Å². The van der Waals surface area contributed by atoms with E-state index in [1.54, 1.807) is 16.8 Å². The number of halogens is 2. The summed E-state index contributed by atoms with van der Waals surface area (Å²) in [6.07, 6.45) is 0.826. The van der Waals surface area contributed by atoms with Crippen molar-refractivity contribution in [3.63, 3.8) is 0 Å². The SMILES string of the molecule is CC(C)C(=O)N1CCN(c2cc(S)cn3c(-c4nnc(C(F)F)s4)ncc23)CC1. The number of amides is 1. The number of thiol groups is 1. The highest BCUT2D eigenvalue weighted by molar-refractivity contribution is 7.80. The van der Waals surface area contributed by atoms with Gasteiger partial charge < -0.3 is 9.80 Å². The summed E-state index contributed by atoms with van der Waals surface area (Å²) in [6, 6.07) is 1.95. The van der Waals surface area contributed by atoms with Gasteiger partial charge in [-0.15, -0.1) is 22.8 Å². The number of hydrogen-bond acceptors (Lipinski definition) is 7. The number of piperazine rings is 1. The van der Waals surface area contributed by atoms with Crippen molar-refractivity contribution in [3.05, 3.63) is 23.5 Å². The number of imidazole rings is 1. The van der Waals surface area contributed by atoms with E-state index < -0.39 is 6.43 Å². The first-order valence-corrected chi connectivity index (χ1v) is 10.5. The van der Waals surface area contributed by atoms with Crippen LogP contribution in [0.25, 0.3) is 16.3 Å². The van der Waals surface area contributed by atoms with Gasteiger partial charge in [0.05, 0.1) is 17.4 Å². The summed E-state index contributed by atoms with van der Waals surface area (Å²) in [7, 11) is 0. The highest BCUT2D eigenvalue weighted by Crippen LogP contribution is 2.33. The van der Waals surface area contributed by atoms with E-state index in [0.29, 0.717) is 41.9 Å². The van der Waals surface area contributed by atoms with E-state index in [0.717, 1.165) is 22.5 Å². The molecule has 4 heterocycles. The van der Waals surface area contributed by atoms with Gasteiger partial charge in [0.2, 0.25) is 5.91 Å². The van der Waals surface area contributed by atoms with Crippen LogP contribution in [0.4, 0.5) is 14.5 Å². The lowest BCUT2D eigenvalue weighted by atomic mass is 10.1. The molecule has 0 spiro atoms. The maximum atomic E-state index is 12.9. The number of nitrogens with zero attached hydrogens (tertiary/aromatic N) is 6. The number of rotatable bonds is 4. The Labute approximate surface area is 175 Å². The Hall–Kier alpha value is -2.27. The van der Waals surface area contributed by atoms with Crippen molar-refractivity contribution >= 4 is 41.1 Å². The Morgan fingerprint density at radius 2 is 1.93 bits per heavy atom. The Morgan fingerprint density at radius 3 is 2.55 bits per heavy atom. The largest absolute Gasteiger partial charge is 0.366 e. The third-order valence-electron chi connectivity index (χ3n) is 4.85. The van der Waals surface area contributed by atoms with Gasteiger partial charge in [-0.05, 0) is 6.07 Å². The summed E-state index contributed by atoms with van der Waals surface area (Å²) in [6.45, 7) is 6.50. The molecule has 0 unspecified atom stereocenters. The van der Waals surface area contributed by atoms with Crippen LogP contribution in [0.1, 0.15) is 25.3 Å². The van der Waals surface area contributed by atoms with Gasteiger partial charge >= 0.3 is 0 Å². The molecule has 3 aromatic heterocycles. The van der Waals surface area contributed by atoms with Crippen molar-refractivity contribution in [3.8, 4) is 10.8 Å². The van der Waals surface area contributed by atoms with Crippen LogP contribution in [-0.2, 0) is 4.79 Å². The quantitative estimate of drug-likeness (QED) is 0.633. The molecule has 0 bridgehead atoms. The van der Waals surface area contributed by atoms with Crippen molar-refractivity contribution in [1.29, 1.82) is 0 Å². The average molecular weight is 439 g/mol. The minimum atomic E-state index is -2.66. The van der Waals surface area contributed by atoms with Crippen LogP contribution in [0.5, 0.6) is 0 Å². The number of anilines is 1. The molecule has 29 heavy (non-hydrogen) atoms.